The summed E-state index contributed by atoms with van der Waals surface area (Å²) in [5.41, 5.74) is 1.09. The molecule has 0 amide bonds. The fourth-order valence-electron chi connectivity index (χ4n) is 1.22. The van der Waals surface area contributed by atoms with Crippen LogP contribution >= 0.6 is 34.9 Å². The van der Waals surface area contributed by atoms with Gasteiger partial charge in [-0.1, -0.05) is 25.4 Å². The lowest BCUT2D eigenvalue weighted by Gasteiger charge is -2.34. The van der Waals surface area contributed by atoms with Gasteiger partial charge in [0.1, 0.15) is 0 Å². The number of halogens is 1. The highest BCUT2D eigenvalue weighted by Crippen LogP contribution is 2.38. The number of nitrogens with one attached hydrogen (secondary N) is 3. The molecule has 2 rings (SSSR count). The maximum atomic E-state index is 6.35. The standard InChI is InChI=1S/C9H14ClN3S2/c1-6(2)5-11-9(10)12-7-3-4-14-8(7)15-13-9/h3-4,6,11-13H,5H2,1-2H3. The molecule has 1 aliphatic rings. The molecule has 1 aliphatic heterocycles. The predicted octanol–water partition coefficient (Wildman–Crippen LogP) is 2.87. The van der Waals surface area contributed by atoms with Gasteiger partial charge in [-0.3, -0.25) is 5.32 Å². The van der Waals surface area contributed by atoms with E-state index in [0.717, 1.165) is 12.2 Å². The number of rotatable bonds is 3. The fourth-order valence-corrected chi connectivity index (χ4v) is 3.16. The first-order valence-corrected chi connectivity index (χ1v) is 6.90. The third-order valence-corrected chi connectivity index (χ3v) is 4.47. The van der Waals surface area contributed by atoms with E-state index in [1.165, 1.54) is 4.21 Å². The van der Waals surface area contributed by atoms with E-state index in [4.69, 9.17) is 11.6 Å². The predicted molar refractivity (Wildman–Crippen MR) is 68.4 cm³/mol. The van der Waals surface area contributed by atoms with Crippen molar-refractivity contribution in [2.75, 3.05) is 11.9 Å². The summed E-state index contributed by atoms with van der Waals surface area (Å²) in [5, 5.41) is 7.82. The second kappa shape index (κ2) is 4.51. The van der Waals surface area contributed by atoms with E-state index < -0.39 is 5.25 Å². The zero-order chi connectivity index (χ0) is 10.9. The molecule has 0 fully saturated rings. The van der Waals surface area contributed by atoms with Gasteiger partial charge in [0.25, 0.3) is 0 Å². The molecule has 0 aromatic carbocycles. The van der Waals surface area contributed by atoms with Crippen LogP contribution in [0.3, 0.4) is 0 Å². The Morgan fingerprint density at radius 2 is 2.40 bits per heavy atom. The van der Waals surface area contributed by atoms with Crippen molar-refractivity contribution in [3.63, 3.8) is 0 Å². The van der Waals surface area contributed by atoms with Gasteiger partial charge in [0.05, 0.1) is 9.90 Å². The Bertz CT molecular complexity index is 342. The van der Waals surface area contributed by atoms with E-state index in [2.05, 4.69) is 34.6 Å². The van der Waals surface area contributed by atoms with Crippen LogP contribution in [-0.2, 0) is 0 Å². The molecule has 3 nitrogen and oxygen atoms in total. The van der Waals surface area contributed by atoms with Crippen molar-refractivity contribution in [2.45, 2.75) is 23.3 Å². The summed E-state index contributed by atoms with van der Waals surface area (Å²) in [7, 11) is 0. The van der Waals surface area contributed by atoms with E-state index in [0.29, 0.717) is 5.92 Å². The van der Waals surface area contributed by atoms with Gasteiger partial charge in [-0.25, -0.2) is 4.72 Å². The summed E-state index contributed by atoms with van der Waals surface area (Å²) in [6, 6.07) is 2.04. The van der Waals surface area contributed by atoms with Gasteiger partial charge in [-0.05, 0) is 29.3 Å². The highest BCUT2D eigenvalue weighted by molar-refractivity contribution is 7.99. The highest BCUT2D eigenvalue weighted by atomic mass is 35.5. The minimum Gasteiger partial charge on any atom is -0.340 e. The van der Waals surface area contributed by atoms with Crippen molar-refractivity contribution in [1.82, 2.24) is 10.0 Å². The fraction of sp³-hybridized carbons (Fsp3) is 0.556. The Balaban J connectivity index is 2.01. The maximum Gasteiger partial charge on any atom is 0.233 e. The van der Waals surface area contributed by atoms with Gasteiger partial charge >= 0.3 is 0 Å². The summed E-state index contributed by atoms with van der Waals surface area (Å²) in [5.74, 6) is 0.568. The zero-order valence-corrected chi connectivity index (χ0v) is 11.0. The average Bonchev–Trinajstić information content (AvgIpc) is 2.62. The summed E-state index contributed by atoms with van der Waals surface area (Å²) < 4.78 is 4.38. The molecule has 1 unspecified atom stereocenters. The number of alkyl halides is 1. The van der Waals surface area contributed by atoms with Gasteiger partial charge in [0.15, 0.2) is 0 Å². The highest BCUT2D eigenvalue weighted by Gasteiger charge is 2.32. The van der Waals surface area contributed by atoms with Crippen molar-refractivity contribution >= 4 is 40.6 Å². The molecule has 15 heavy (non-hydrogen) atoms. The Kier molecular flexibility index (Phi) is 3.47. The Morgan fingerprint density at radius 3 is 3.13 bits per heavy atom. The number of hydrogen-bond donors (Lipinski definition) is 3. The first-order chi connectivity index (χ1) is 7.09. The molecule has 6 heteroatoms. The van der Waals surface area contributed by atoms with Crippen molar-refractivity contribution in [3.05, 3.63) is 11.4 Å². The zero-order valence-electron chi connectivity index (χ0n) is 8.63. The van der Waals surface area contributed by atoms with Crippen LogP contribution in [0.2, 0.25) is 0 Å². The monoisotopic (exact) mass is 263 g/mol. The maximum absolute atomic E-state index is 6.35. The van der Waals surface area contributed by atoms with Crippen LogP contribution < -0.4 is 15.4 Å². The van der Waals surface area contributed by atoms with Crippen molar-refractivity contribution < 1.29 is 0 Å². The quantitative estimate of drug-likeness (QED) is 0.445. The average molecular weight is 264 g/mol. The van der Waals surface area contributed by atoms with Crippen molar-refractivity contribution in [3.8, 4) is 0 Å². The smallest absolute Gasteiger partial charge is 0.233 e. The van der Waals surface area contributed by atoms with E-state index in [-0.39, 0.29) is 0 Å². The van der Waals surface area contributed by atoms with Gasteiger partial charge in [0.2, 0.25) is 5.25 Å². The van der Waals surface area contributed by atoms with Gasteiger partial charge < -0.3 is 5.32 Å². The van der Waals surface area contributed by atoms with Crippen molar-refractivity contribution in [1.29, 1.82) is 0 Å². The Labute approximate surface area is 103 Å². The number of hydrogen-bond acceptors (Lipinski definition) is 5. The van der Waals surface area contributed by atoms with Crippen LogP contribution in [0.15, 0.2) is 15.7 Å². The summed E-state index contributed by atoms with van der Waals surface area (Å²) >= 11 is 9.62. The van der Waals surface area contributed by atoms with Crippen LogP contribution in [0.1, 0.15) is 13.8 Å². The second-order valence-electron chi connectivity index (χ2n) is 3.88. The molecule has 0 saturated heterocycles. The summed E-state index contributed by atoms with van der Waals surface area (Å²) in [6.07, 6.45) is 0. The molecule has 1 aromatic heterocycles. The lowest BCUT2D eigenvalue weighted by atomic mass is 10.2. The third-order valence-electron chi connectivity index (χ3n) is 1.97. The number of anilines is 1. The molecule has 84 valence electrons. The molecule has 0 bridgehead atoms. The molecule has 0 saturated carbocycles. The van der Waals surface area contributed by atoms with Crippen LogP contribution in [0.4, 0.5) is 5.69 Å². The van der Waals surface area contributed by atoms with E-state index >= 15 is 0 Å². The van der Waals surface area contributed by atoms with Gasteiger partial charge in [0, 0.05) is 6.54 Å². The number of thiophene rings is 1. The van der Waals surface area contributed by atoms with Crippen LogP contribution in [-0.4, -0.2) is 11.8 Å². The van der Waals surface area contributed by atoms with Gasteiger partial charge in [-0.2, -0.15) is 0 Å². The van der Waals surface area contributed by atoms with E-state index in [9.17, 15) is 0 Å². The number of fused-ring (bicyclic) bond motifs is 1. The van der Waals surface area contributed by atoms with Crippen molar-refractivity contribution in [2.24, 2.45) is 5.92 Å². The van der Waals surface area contributed by atoms with Crippen LogP contribution in [0.5, 0.6) is 0 Å². The molecule has 0 radical (unpaired) electrons. The van der Waals surface area contributed by atoms with Crippen LogP contribution in [0, 0.1) is 5.92 Å². The van der Waals surface area contributed by atoms with E-state index in [1.54, 1.807) is 23.3 Å². The summed E-state index contributed by atoms with van der Waals surface area (Å²) in [6.45, 7) is 5.17. The first kappa shape index (κ1) is 11.5. The SMILES string of the molecule is CC(C)CNC1(Cl)NSc2sccc2N1. The molecule has 2 heterocycles. The van der Waals surface area contributed by atoms with E-state index in [1.807, 2.05) is 6.07 Å². The molecular formula is C9H14ClN3S2. The Morgan fingerprint density at radius 1 is 1.60 bits per heavy atom. The minimum atomic E-state index is -0.733. The largest absolute Gasteiger partial charge is 0.340 e. The minimum absolute atomic E-state index is 0.568. The normalized spacial score (nSPS) is 25.1. The summed E-state index contributed by atoms with van der Waals surface area (Å²) in [4.78, 5) is 0. The first-order valence-electron chi connectivity index (χ1n) is 4.83. The molecule has 0 aliphatic carbocycles. The van der Waals surface area contributed by atoms with Gasteiger partial charge in [-0.15, -0.1) is 11.3 Å². The molecule has 1 aromatic rings. The lowest BCUT2D eigenvalue weighted by Crippen LogP contribution is -2.57. The molecular weight excluding hydrogens is 250 g/mol. The molecule has 1 atom stereocenters. The third kappa shape index (κ3) is 2.79. The lowest BCUT2D eigenvalue weighted by molar-refractivity contribution is 0.441. The van der Waals surface area contributed by atoms with Crippen LogP contribution in [0.25, 0.3) is 0 Å². The Hall–Kier alpha value is 0.0600. The molecule has 0 spiro atoms. The second-order valence-corrected chi connectivity index (χ2v) is 6.44. The molecule has 3 N–H and O–H groups in total. The topological polar surface area (TPSA) is 36.1 Å².